The van der Waals surface area contributed by atoms with Crippen molar-refractivity contribution in [1.29, 1.82) is 0 Å². The fraction of sp³-hybridized carbons (Fsp3) is 0.222. The van der Waals surface area contributed by atoms with Crippen LogP contribution in [0, 0.1) is 6.92 Å². The summed E-state index contributed by atoms with van der Waals surface area (Å²) in [4.78, 5) is 25.3. The molecule has 0 heterocycles. The summed E-state index contributed by atoms with van der Waals surface area (Å²) in [6.07, 6.45) is 0.305. The SMILES string of the molecule is CC(=O)N(C)c1ccccc1NC(=O)Cc1cccc(C)c1. The summed E-state index contributed by atoms with van der Waals surface area (Å²) in [5, 5.41) is 2.88. The highest BCUT2D eigenvalue weighted by molar-refractivity contribution is 6.00. The molecule has 2 amide bonds. The van der Waals surface area contributed by atoms with Crippen LogP contribution in [0.25, 0.3) is 0 Å². The molecule has 0 aliphatic rings. The predicted molar refractivity (Wildman–Crippen MR) is 89.0 cm³/mol. The van der Waals surface area contributed by atoms with Gasteiger partial charge in [0.05, 0.1) is 17.8 Å². The highest BCUT2D eigenvalue weighted by Crippen LogP contribution is 2.24. The molecule has 4 nitrogen and oxygen atoms in total. The van der Waals surface area contributed by atoms with E-state index in [9.17, 15) is 9.59 Å². The zero-order chi connectivity index (χ0) is 16.1. The number of rotatable bonds is 4. The van der Waals surface area contributed by atoms with Gasteiger partial charge < -0.3 is 10.2 Å². The van der Waals surface area contributed by atoms with E-state index < -0.39 is 0 Å². The van der Waals surface area contributed by atoms with E-state index in [1.807, 2.05) is 49.4 Å². The van der Waals surface area contributed by atoms with Crippen molar-refractivity contribution in [2.45, 2.75) is 20.3 Å². The van der Waals surface area contributed by atoms with Gasteiger partial charge in [0.1, 0.15) is 0 Å². The van der Waals surface area contributed by atoms with Crippen molar-refractivity contribution in [3.05, 3.63) is 59.7 Å². The van der Waals surface area contributed by atoms with Gasteiger partial charge in [-0.1, -0.05) is 42.0 Å². The Labute approximate surface area is 130 Å². The zero-order valence-electron chi connectivity index (χ0n) is 13.1. The molecule has 114 valence electrons. The van der Waals surface area contributed by atoms with Crippen LogP contribution in [-0.4, -0.2) is 18.9 Å². The number of aryl methyl sites for hydroxylation is 1. The fourth-order valence-corrected chi connectivity index (χ4v) is 2.24. The minimum Gasteiger partial charge on any atom is -0.324 e. The average Bonchev–Trinajstić information content (AvgIpc) is 2.47. The van der Waals surface area contributed by atoms with Crippen LogP contribution < -0.4 is 10.2 Å². The van der Waals surface area contributed by atoms with E-state index in [0.717, 1.165) is 11.1 Å². The Balaban J connectivity index is 2.13. The van der Waals surface area contributed by atoms with Crippen molar-refractivity contribution < 1.29 is 9.59 Å². The minimum atomic E-state index is -0.102. The maximum Gasteiger partial charge on any atom is 0.228 e. The topological polar surface area (TPSA) is 49.4 Å². The summed E-state index contributed by atoms with van der Waals surface area (Å²) in [5.41, 5.74) is 3.42. The highest BCUT2D eigenvalue weighted by Gasteiger charge is 2.12. The number of carbonyl (C=O) groups excluding carboxylic acids is 2. The van der Waals surface area contributed by atoms with Gasteiger partial charge in [-0.2, -0.15) is 0 Å². The number of benzene rings is 2. The second-order valence-corrected chi connectivity index (χ2v) is 5.31. The van der Waals surface area contributed by atoms with Gasteiger partial charge in [-0.05, 0) is 24.6 Å². The van der Waals surface area contributed by atoms with Gasteiger partial charge in [0.25, 0.3) is 0 Å². The lowest BCUT2D eigenvalue weighted by molar-refractivity contribution is -0.117. The summed E-state index contributed by atoms with van der Waals surface area (Å²) in [6.45, 7) is 3.49. The van der Waals surface area contributed by atoms with Crippen LogP contribution in [0.15, 0.2) is 48.5 Å². The summed E-state index contributed by atoms with van der Waals surface area (Å²) in [5.74, 6) is -0.185. The van der Waals surface area contributed by atoms with E-state index in [0.29, 0.717) is 17.8 Å². The smallest absolute Gasteiger partial charge is 0.228 e. The number of amides is 2. The third kappa shape index (κ3) is 3.95. The van der Waals surface area contributed by atoms with Crippen molar-refractivity contribution in [2.75, 3.05) is 17.3 Å². The van der Waals surface area contributed by atoms with Crippen molar-refractivity contribution in [3.63, 3.8) is 0 Å². The van der Waals surface area contributed by atoms with Crippen molar-refractivity contribution in [2.24, 2.45) is 0 Å². The molecule has 0 aromatic heterocycles. The number of carbonyl (C=O) groups is 2. The standard InChI is InChI=1S/C18H20N2O2/c1-13-7-6-8-15(11-13)12-18(22)19-16-9-4-5-10-17(16)20(3)14(2)21/h4-11H,12H2,1-3H3,(H,19,22). The summed E-state index contributed by atoms with van der Waals surface area (Å²) in [7, 11) is 1.69. The van der Waals surface area contributed by atoms with Crippen LogP contribution >= 0.6 is 0 Å². The highest BCUT2D eigenvalue weighted by atomic mass is 16.2. The van der Waals surface area contributed by atoms with E-state index in [2.05, 4.69) is 5.32 Å². The van der Waals surface area contributed by atoms with Gasteiger partial charge in [0.2, 0.25) is 11.8 Å². The second-order valence-electron chi connectivity index (χ2n) is 5.31. The molecular weight excluding hydrogens is 276 g/mol. The van der Waals surface area contributed by atoms with Crippen molar-refractivity contribution >= 4 is 23.2 Å². The summed E-state index contributed by atoms with van der Waals surface area (Å²) >= 11 is 0. The molecule has 0 atom stereocenters. The molecule has 0 aliphatic carbocycles. The maximum absolute atomic E-state index is 12.2. The average molecular weight is 296 g/mol. The Morgan fingerprint density at radius 2 is 1.82 bits per heavy atom. The Hall–Kier alpha value is -2.62. The molecule has 2 rings (SSSR count). The van der Waals surface area contributed by atoms with Gasteiger partial charge >= 0.3 is 0 Å². The molecule has 2 aromatic carbocycles. The number of anilines is 2. The van der Waals surface area contributed by atoms with Crippen LogP contribution in [0.5, 0.6) is 0 Å². The molecular formula is C18H20N2O2. The first-order chi connectivity index (χ1) is 10.5. The van der Waals surface area contributed by atoms with Crippen LogP contribution in [0.3, 0.4) is 0 Å². The number of hydrogen-bond donors (Lipinski definition) is 1. The van der Waals surface area contributed by atoms with Crippen LogP contribution in [0.1, 0.15) is 18.1 Å². The molecule has 22 heavy (non-hydrogen) atoms. The van der Waals surface area contributed by atoms with Gasteiger partial charge in [-0.3, -0.25) is 9.59 Å². The molecule has 0 fully saturated rings. The third-order valence-electron chi connectivity index (χ3n) is 3.46. The first-order valence-electron chi connectivity index (χ1n) is 7.16. The number of nitrogens with zero attached hydrogens (tertiary/aromatic N) is 1. The van der Waals surface area contributed by atoms with Crippen molar-refractivity contribution in [3.8, 4) is 0 Å². The molecule has 0 aliphatic heterocycles. The Kier molecular flexibility index (Phi) is 4.94. The lowest BCUT2D eigenvalue weighted by Crippen LogP contribution is -2.25. The number of nitrogens with one attached hydrogen (secondary N) is 1. The molecule has 0 radical (unpaired) electrons. The lowest BCUT2D eigenvalue weighted by atomic mass is 10.1. The monoisotopic (exact) mass is 296 g/mol. The van der Waals surface area contributed by atoms with E-state index in [1.165, 1.54) is 11.8 Å². The van der Waals surface area contributed by atoms with E-state index in [-0.39, 0.29) is 11.8 Å². The van der Waals surface area contributed by atoms with Gasteiger partial charge in [-0.15, -0.1) is 0 Å². The number of hydrogen-bond acceptors (Lipinski definition) is 2. The first kappa shape index (κ1) is 15.8. The summed E-state index contributed by atoms with van der Waals surface area (Å²) < 4.78 is 0. The molecule has 0 spiro atoms. The number of para-hydroxylation sites is 2. The van der Waals surface area contributed by atoms with Crippen molar-refractivity contribution in [1.82, 2.24) is 0 Å². The molecule has 0 bridgehead atoms. The van der Waals surface area contributed by atoms with Crippen LogP contribution in [-0.2, 0) is 16.0 Å². The molecule has 4 heteroatoms. The molecule has 2 aromatic rings. The summed E-state index contributed by atoms with van der Waals surface area (Å²) in [6, 6.07) is 15.1. The molecule has 1 N–H and O–H groups in total. The van der Waals surface area contributed by atoms with Gasteiger partial charge in [0.15, 0.2) is 0 Å². The van der Waals surface area contributed by atoms with E-state index in [4.69, 9.17) is 0 Å². The predicted octanol–water partition coefficient (Wildman–Crippen LogP) is 3.16. The van der Waals surface area contributed by atoms with E-state index in [1.54, 1.807) is 13.1 Å². The molecule has 0 saturated carbocycles. The Morgan fingerprint density at radius 1 is 1.09 bits per heavy atom. The largest absolute Gasteiger partial charge is 0.324 e. The quantitative estimate of drug-likeness (QED) is 0.942. The minimum absolute atomic E-state index is 0.0830. The van der Waals surface area contributed by atoms with E-state index >= 15 is 0 Å². The first-order valence-corrected chi connectivity index (χ1v) is 7.16. The second kappa shape index (κ2) is 6.89. The fourth-order valence-electron chi connectivity index (χ4n) is 2.24. The maximum atomic E-state index is 12.2. The molecule has 0 unspecified atom stereocenters. The lowest BCUT2D eigenvalue weighted by Gasteiger charge is -2.19. The Morgan fingerprint density at radius 3 is 2.50 bits per heavy atom. The zero-order valence-corrected chi connectivity index (χ0v) is 13.1. The van der Waals surface area contributed by atoms with Gasteiger partial charge in [0, 0.05) is 14.0 Å². The normalized spacial score (nSPS) is 10.1. The third-order valence-corrected chi connectivity index (χ3v) is 3.46. The van der Waals surface area contributed by atoms with Gasteiger partial charge in [-0.25, -0.2) is 0 Å². The Bertz CT molecular complexity index is 695. The molecule has 0 saturated heterocycles. The van der Waals surface area contributed by atoms with Crippen LogP contribution in [0.2, 0.25) is 0 Å². The van der Waals surface area contributed by atoms with Crippen LogP contribution in [0.4, 0.5) is 11.4 Å².